The van der Waals surface area contributed by atoms with E-state index in [1.54, 1.807) is 6.07 Å². The number of nitrogens with zero attached hydrogens (tertiary/aromatic N) is 1. The van der Waals surface area contributed by atoms with Crippen molar-refractivity contribution in [2.24, 2.45) is 16.6 Å². The molecule has 0 fully saturated rings. The summed E-state index contributed by atoms with van der Waals surface area (Å²) < 4.78 is 40.9. The Hall–Kier alpha value is -1.45. The van der Waals surface area contributed by atoms with Gasteiger partial charge < -0.3 is 15.8 Å². The van der Waals surface area contributed by atoms with E-state index >= 15 is 0 Å². The minimum atomic E-state index is -4.75. The Balaban J connectivity index is 0.00000264. The van der Waals surface area contributed by atoms with Gasteiger partial charge in [-0.1, -0.05) is 24.3 Å². The Morgan fingerprint density at radius 1 is 1.30 bits per heavy atom. The van der Waals surface area contributed by atoms with Gasteiger partial charge in [0.25, 0.3) is 0 Å². The summed E-state index contributed by atoms with van der Waals surface area (Å²) in [5.41, 5.74) is 5.87. The molecule has 1 unspecified atom stereocenters. The molecule has 8 heteroatoms. The molecule has 128 valence electrons. The third-order valence-corrected chi connectivity index (χ3v) is 3.27. The number of ether oxygens (including phenoxy) is 1. The van der Waals surface area contributed by atoms with Gasteiger partial charge in [-0.3, -0.25) is 4.99 Å². The van der Waals surface area contributed by atoms with Crippen LogP contribution in [0.3, 0.4) is 0 Å². The highest BCUT2D eigenvalue weighted by atomic mass is 127. The van der Waals surface area contributed by atoms with Crippen molar-refractivity contribution >= 4 is 35.6 Å². The van der Waals surface area contributed by atoms with E-state index in [0.717, 1.165) is 19.3 Å². The van der Waals surface area contributed by atoms with Gasteiger partial charge in [0.2, 0.25) is 0 Å². The number of hydrogen-bond donors (Lipinski definition) is 2. The van der Waals surface area contributed by atoms with E-state index in [-0.39, 0.29) is 41.4 Å². The number of benzene rings is 1. The number of alkyl halides is 3. The molecule has 0 aromatic heterocycles. The summed E-state index contributed by atoms with van der Waals surface area (Å²) in [6, 6.07) is 5.71. The van der Waals surface area contributed by atoms with Gasteiger partial charge in [0.05, 0.1) is 5.69 Å². The summed E-state index contributed by atoms with van der Waals surface area (Å²) in [5, 5.41) is 2.66. The Labute approximate surface area is 150 Å². The number of halogens is 4. The van der Waals surface area contributed by atoms with Gasteiger partial charge in [0.1, 0.15) is 0 Å². The average Bonchev–Trinajstić information content (AvgIpc) is 2.47. The molecule has 0 amide bonds. The van der Waals surface area contributed by atoms with Crippen LogP contribution < -0.4 is 15.8 Å². The fourth-order valence-electron chi connectivity index (χ4n) is 2.21. The fraction of sp³-hybridized carbons (Fsp3) is 0.400. The largest absolute Gasteiger partial charge is 0.573 e. The molecule has 23 heavy (non-hydrogen) atoms. The lowest BCUT2D eigenvalue weighted by atomic mass is 9.95. The quantitative estimate of drug-likeness (QED) is 0.317. The smallest absolute Gasteiger partial charge is 0.404 e. The first-order valence-electron chi connectivity index (χ1n) is 7.01. The van der Waals surface area contributed by atoms with Crippen LogP contribution in [0.2, 0.25) is 0 Å². The van der Waals surface area contributed by atoms with Gasteiger partial charge in [0, 0.05) is 6.54 Å². The third kappa shape index (κ3) is 7.10. The third-order valence-electron chi connectivity index (χ3n) is 3.27. The van der Waals surface area contributed by atoms with E-state index < -0.39 is 6.36 Å². The predicted molar refractivity (Wildman–Crippen MR) is 95.1 cm³/mol. The molecule has 0 aliphatic heterocycles. The SMILES string of the molecule is I.NC(=NCC1CC=CCC1)Nc1ccccc1OC(F)(F)F. The molecular weight excluding hydrogens is 422 g/mol. The topological polar surface area (TPSA) is 59.6 Å². The molecule has 4 nitrogen and oxygen atoms in total. The lowest BCUT2D eigenvalue weighted by Crippen LogP contribution is -2.25. The van der Waals surface area contributed by atoms with Crippen LogP contribution in [0.15, 0.2) is 41.4 Å². The highest BCUT2D eigenvalue weighted by Crippen LogP contribution is 2.29. The second-order valence-electron chi connectivity index (χ2n) is 5.05. The van der Waals surface area contributed by atoms with Crippen LogP contribution in [0.1, 0.15) is 19.3 Å². The number of nitrogens with one attached hydrogen (secondary N) is 1. The van der Waals surface area contributed by atoms with Crippen molar-refractivity contribution in [3.63, 3.8) is 0 Å². The maximum Gasteiger partial charge on any atom is 0.573 e. The van der Waals surface area contributed by atoms with Gasteiger partial charge in [0.15, 0.2) is 11.7 Å². The molecule has 0 spiro atoms. The Morgan fingerprint density at radius 2 is 2.04 bits per heavy atom. The van der Waals surface area contributed by atoms with Crippen molar-refractivity contribution in [2.75, 3.05) is 11.9 Å². The van der Waals surface area contributed by atoms with Crippen LogP contribution >= 0.6 is 24.0 Å². The van der Waals surface area contributed by atoms with Crippen molar-refractivity contribution in [1.29, 1.82) is 0 Å². The monoisotopic (exact) mass is 441 g/mol. The molecule has 2 rings (SSSR count). The number of rotatable bonds is 4. The van der Waals surface area contributed by atoms with Crippen LogP contribution in [0.25, 0.3) is 0 Å². The number of para-hydroxylation sites is 2. The second-order valence-corrected chi connectivity index (χ2v) is 5.05. The van der Waals surface area contributed by atoms with Gasteiger partial charge in [-0.05, 0) is 37.3 Å². The summed E-state index contributed by atoms with van der Waals surface area (Å²) in [6.45, 7) is 0.547. The van der Waals surface area contributed by atoms with E-state index in [9.17, 15) is 13.2 Å². The van der Waals surface area contributed by atoms with Crippen molar-refractivity contribution in [3.8, 4) is 5.75 Å². The van der Waals surface area contributed by atoms with E-state index in [1.165, 1.54) is 18.2 Å². The summed E-state index contributed by atoms with van der Waals surface area (Å²) >= 11 is 0. The number of aliphatic imine (C=N–C) groups is 1. The number of nitrogens with two attached hydrogens (primary N) is 1. The molecular formula is C15H19F3IN3O. The fourth-order valence-corrected chi connectivity index (χ4v) is 2.21. The normalized spacial score (nSPS) is 18.2. The number of allylic oxidation sites excluding steroid dienone is 2. The standard InChI is InChI=1S/C15H18F3N3O.HI/c16-15(17,18)22-13-9-5-4-8-12(13)21-14(19)20-10-11-6-2-1-3-7-11;/h1-2,4-5,8-9,11H,3,6-7,10H2,(H3,19,20,21);1H. The maximum atomic E-state index is 12.3. The Morgan fingerprint density at radius 3 is 2.70 bits per heavy atom. The minimum absolute atomic E-state index is 0. The van der Waals surface area contributed by atoms with Gasteiger partial charge in [-0.2, -0.15) is 0 Å². The van der Waals surface area contributed by atoms with Crippen LogP contribution in [0.5, 0.6) is 5.75 Å². The van der Waals surface area contributed by atoms with Crippen LogP contribution in [0.4, 0.5) is 18.9 Å². The van der Waals surface area contributed by atoms with Crippen molar-refractivity contribution in [3.05, 3.63) is 36.4 Å². The summed E-state index contributed by atoms with van der Waals surface area (Å²) in [6.07, 6.45) is 2.51. The summed E-state index contributed by atoms with van der Waals surface area (Å²) in [5.74, 6) is 0.161. The molecule has 1 atom stereocenters. The summed E-state index contributed by atoms with van der Waals surface area (Å²) in [7, 11) is 0. The maximum absolute atomic E-state index is 12.3. The molecule has 0 radical (unpaired) electrons. The van der Waals surface area contributed by atoms with E-state index in [4.69, 9.17) is 5.73 Å². The van der Waals surface area contributed by atoms with E-state index in [0.29, 0.717) is 12.5 Å². The van der Waals surface area contributed by atoms with E-state index in [2.05, 4.69) is 27.2 Å². The first-order chi connectivity index (χ1) is 10.4. The van der Waals surface area contributed by atoms with Crippen molar-refractivity contribution in [1.82, 2.24) is 0 Å². The van der Waals surface area contributed by atoms with Gasteiger partial charge >= 0.3 is 6.36 Å². The highest BCUT2D eigenvalue weighted by Gasteiger charge is 2.32. The molecule has 1 aliphatic rings. The lowest BCUT2D eigenvalue weighted by molar-refractivity contribution is -0.274. The zero-order chi connectivity index (χ0) is 16.0. The minimum Gasteiger partial charge on any atom is -0.404 e. The van der Waals surface area contributed by atoms with E-state index in [1.807, 2.05) is 0 Å². The van der Waals surface area contributed by atoms with Gasteiger partial charge in [-0.15, -0.1) is 37.1 Å². The molecule has 0 saturated heterocycles. The van der Waals surface area contributed by atoms with Crippen molar-refractivity contribution < 1.29 is 17.9 Å². The second kappa shape index (κ2) is 8.99. The molecule has 0 saturated carbocycles. The summed E-state index contributed by atoms with van der Waals surface area (Å²) in [4.78, 5) is 4.19. The number of hydrogen-bond acceptors (Lipinski definition) is 2. The first kappa shape index (κ1) is 19.6. The average molecular weight is 441 g/mol. The molecule has 3 N–H and O–H groups in total. The van der Waals surface area contributed by atoms with Gasteiger partial charge in [-0.25, -0.2) is 0 Å². The first-order valence-corrected chi connectivity index (χ1v) is 7.01. The number of guanidine groups is 1. The highest BCUT2D eigenvalue weighted by molar-refractivity contribution is 14.0. The molecule has 1 aromatic carbocycles. The Kier molecular flexibility index (Phi) is 7.66. The Bertz CT molecular complexity index is 561. The zero-order valence-corrected chi connectivity index (χ0v) is 14.7. The van der Waals surface area contributed by atoms with Crippen LogP contribution in [-0.2, 0) is 0 Å². The molecule has 0 bridgehead atoms. The lowest BCUT2D eigenvalue weighted by Gasteiger charge is -2.16. The van der Waals surface area contributed by atoms with Crippen LogP contribution in [0, 0.1) is 5.92 Å². The molecule has 1 aliphatic carbocycles. The van der Waals surface area contributed by atoms with Crippen LogP contribution in [-0.4, -0.2) is 18.9 Å². The molecule has 1 aromatic rings. The molecule has 0 heterocycles. The predicted octanol–water partition coefficient (Wildman–Crippen LogP) is 4.29. The number of anilines is 1. The zero-order valence-electron chi connectivity index (χ0n) is 12.3. The van der Waals surface area contributed by atoms with Crippen molar-refractivity contribution in [2.45, 2.75) is 25.6 Å².